The maximum absolute atomic E-state index is 12.6. The second-order valence-electron chi connectivity index (χ2n) is 8.54. The number of rotatable bonds is 2. The van der Waals surface area contributed by atoms with Gasteiger partial charge in [-0.05, 0) is 57.8 Å². The third kappa shape index (κ3) is 3.26. The molecule has 1 saturated heterocycles. The van der Waals surface area contributed by atoms with Crippen molar-refractivity contribution in [3.63, 3.8) is 0 Å². The van der Waals surface area contributed by atoms with E-state index >= 15 is 0 Å². The number of alkyl halides is 3. The van der Waals surface area contributed by atoms with Gasteiger partial charge in [0.1, 0.15) is 12.5 Å². The van der Waals surface area contributed by atoms with E-state index in [0.29, 0.717) is 6.54 Å². The lowest BCUT2D eigenvalue weighted by molar-refractivity contribution is -0.173. The molecule has 5 atom stereocenters. The van der Waals surface area contributed by atoms with Crippen molar-refractivity contribution in [2.45, 2.75) is 64.8 Å². The van der Waals surface area contributed by atoms with Crippen molar-refractivity contribution in [3.8, 4) is 0 Å². The van der Waals surface area contributed by atoms with E-state index in [9.17, 15) is 22.8 Å². The first kappa shape index (κ1) is 17.5. The highest BCUT2D eigenvalue weighted by Gasteiger charge is 2.57. The Hall–Kier alpha value is -1.27. The normalized spacial score (nSPS) is 35.2. The number of ether oxygens (including phenoxy) is 1. The minimum Gasteiger partial charge on any atom is -0.459 e. The molecule has 0 N–H and O–H groups in total. The van der Waals surface area contributed by atoms with Crippen LogP contribution in [0, 0.1) is 23.2 Å². The zero-order chi connectivity index (χ0) is 17.9. The van der Waals surface area contributed by atoms with E-state index in [0.717, 1.165) is 19.3 Å². The van der Waals surface area contributed by atoms with Crippen LogP contribution in [0.3, 0.4) is 0 Å². The van der Waals surface area contributed by atoms with Gasteiger partial charge in [-0.25, -0.2) is 0 Å². The van der Waals surface area contributed by atoms with Crippen LogP contribution in [0.1, 0.15) is 46.5 Å². The summed E-state index contributed by atoms with van der Waals surface area (Å²) >= 11 is 0. The molecule has 1 heterocycles. The molecule has 0 aromatic rings. The van der Waals surface area contributed by atoms with Gasteiger partial charge in [-0.3, -0.25) is 9.59 Å². The van der Waals surface area contributed by atoms with Gasteiger partial charge in [0.05, 0.1) is 11.5 Å². The van der Waals surface area contributed by atoms with Gasteiger partial charge in [0.2, 0.25) is 5.91 Å². The molecule has 5 unspecified atom stereocenters. The van der Waals surface area contributed by atoms with E-state index in [4.69, 9.17) is 4.74 Å². The standard InChI is InChI=1S/C17H24F3NO3/c1-16(2,3)15(23)24-14-11-5-9-4-10(6-11)13(14)21(8-9)12(22)7-17(18,19)20/h9-11,13-14H,4-8H2,1-3H3. The largest absolute Gasteiger partial charge is 0.459 e. The minimum absolute atomic E-state index is 0.150. The van der Waals surface area contributed by atoms with Crippen molar-refractivity contribution < 1.29 is 27.5 Å². The summed E-state index contributed by atoms with van der Waals surface area (Å²) in [5.74, 6) is -0.708. The number of carbonyl (C=O) groups is 2. The molecule has 7 heteroatoms. The average Bonchev–Trinajstić information content (AvgIpc) is 2.57. The zero-order valence-corrected chi connectivity index (χ0v) is 14.2. The molecule has 136 valence electrons. The Kier molecular flexibility index (Phi) is 4.12. The minimum atomic E-state index is -4.51. The number of nitrogens with zero attached hydrogens (tertiary/aromatic N) is 1. The van der Waals surface area contributed by atoms with Gasteiger partial charge < -0.3 is 9.64 Å². The second kappa shape index (κ2) is 5.63. The summed E-state index contributed by atoms with van der Waals surface area (Å²) in [5, 5.41) is 0. The van der Waals surface area contributed by atoms with E-state index in [1.807, 2.05) is 0 Å². The van der Waals surface area contributed by atoms with E-state index in [-0.39, 0.29) is 23.7 Å². The second-order valence-corrected chi connectivity index (χ2v) is 8.54. The summed E-state index contributed by atoms with van der Waals surface area (Å²) in [6.45, 7) is 5.61. The highest BCUT2D eigenvalue weighted by Crippen LogP contribution is 2.52. The number of amides is 1. The lowest BCUT2D eigenvalue weighted by Gasteiger charge is -2.42. The maximum Gasteiger partial charge on any atom is 0.397 e. The monoisotopic (exact) mass is 347 g/mol. The molecule has 2 saturated carbocycles. The fourth-order valence-electron chi connectivity index (χ4n) is 4.62. The number of halogens is 3. The van der Waals surface area contributed by atoms with Crippen LogP contribution in [0.2, 0.25) is 0 Å². The van der Waals surface area contributed by atoms with E-state index in [1.54, 1.807) is 20.8 Å². The SMILES string of the molecule is CC(C)(C)C(=O)OC1C2CC3CC(C2)C1N(C(=O)CC(F)(F)F)C3. The van der Waals surface area contributed by atoms with Crippen LogP contribution in [-0.2, 0) is 14.3 Å². The molecular weight excluding hydrogens is 323 g/mol. The fraction of sp³-hybridized carbons (Fsp3) is 0.882. The zero-order valence-electron chi connectivity index (χ0n) is 14.2. The molecule has 2 aliphatic carbocycles. The van der Waals surface area contributed by atoms with Crippen LogP contribution in [-0.4, -0.2) is 41.6 Å². The first-order valence-electron chi connectivity index (χ1n) is 8.53. The molecule has 3 bridgehead atoms. The average molecular weight is 347 g/mol. The smallest absolute Gasteiger partial charge is 0.397 e. The Labute approximate surface area is 139 Å². The first-order chi connectivity index (χ1) is 11.0. The predicted octanol–water partition coefficient (Wildman–Crippen LogP) is 3.15. The van der Waals surface area contributed by atoms with Gasteiger partial charge in [-0.2, -0.15) is 13.2 Å². The number of esters is 1. The van der Waals surface area contributed by atoms with Gasteiger partial charge in [-0.1, -0.05) is 0 Å². The van der Waals surface area contributed by atoms with Gasteiger partial charge in [0.15, 0.2) is 0 Å². The van der Waals surface area contributed by atoms with Crippen molar-refractivity contribution in [3.05, 3.63) is 0 Å². The first-order valence-corrected chi connectivity index (χ1v) is 8.53. The number of fused-ring (bicyclic) bond motifs is 2. The molecule has 24 heavy (non-hydrogen) atoms. The van der Waals surface area contributed by atoms with Crippen molar-refractivity contribution >= 4 is 11.9 Å². The van der Waals surface area contributed by atoms with Gasteiger partial charge in [-0.15, -0.1) is 0 Å². The molecule has 1 aliphatic heterocycles. The van der Waals surface area contributed by atoms with Crippen LogP contribution in [0.15, 0.2) is 0 Å². The molecule has 0 aromatic heterocycles. The molecular formula is C17H24F3NO3. The Morgan fingerprint density at radius 3 is 2.29 bits per heavy atom. The van der Waals surface area contributed by atoms with E-state index in [2.05, 4.69) is 0 Å². The molecule has 0 radical (unpaired) electrons. The Morgan fingerprint density at radius 1 is 1.08 bits per heavy atom. The van der Waals surface area contributed by atoms with E-state index in [1.165, 1.54) is 4.90 Å². The van der Waals surface area contributed by atoms with Crippen LogP contribution >= 0.6 is 0 Å². The van der Waals surface area contributed by atoms with Gasteiger partial charge >= 0.3 is 12.1 Å². The van der Waals surface area contributed by atoms with Gasteiger partial charge in [0, 0.05) is 6.54 Å². The summed E-state index contributed by atoms with van der Waals surface area (Å²) in [7, 11) is 0. The lowest BCUT2D eigenvalue weighted by atomic mass is 9.78. The third-order valence-corrected chi connectivity index (χ3v) is 5.50. The Bertz CT molecular complexity index is 540. The number of piperidine rings is 1. The highest BCUT2D eigenvalue weighted by molar-refractivity contribution is 5.78. The maximum atomic E-state index is 12.6. The van der Waals surface area contributed by atoms with Crippen LogP contribution in [0.5, 0.6) is 0 Å². The Balaban J connectivity index is 1.81. The van der Waals surface area contributed by atoms with Crippen molar-refractivity contribution in [1.82, 2.24) is 4.90 Å². The molecule has 1 amide bonds. The Morgan fingerprint density at radius 2 is 1.71 bits per heavy atom. The quantitative estimate of drug-likeness (QED) is 0.721. The van der Waals surface area contributed by atoms with Crippen LogP contribution < -0.4 is 0 Å². The topological polar surface area (TPSA) is 46.6 Å². The third-order valence-electron chi connectivity index (χ3n) is 5.50. The molecule has 3 rings (SSSR count). The molecule has 3 fully saturated rings. The van der Waals surface area contributed by atoms with Crippen molar-refractivity contribution in [2.24, 2.45) is 23.2 Å². The summed E-state index contributed by atoms with van der Waals surface area (Å²) in [4.78, 5) is 25.9. The summed E-state index contributed by atoms with van der Waals surface area (Å²) < 4.78 is 43.6. The van der Waals surface area contributed by atoms with Crippen molar-refractivity contribution in [1.29, 1.82) is 0 Å². The van der Waals surface area contributed by atoms with Gasteiger partial charge in [0.25, 0.3) is 0 Å². The molecule has 3 aliphatic rings. The molecule has 4 nitrogen and oxygen atoms in total. The summed E-state index contributed by atoms with van der Waals surface area (Å²) in [6.07, 6.45) is -3.84. The number of likely N-dealkylation sites (tertiary alicyclic amines) is 1. The highest BCUT2D eigenvalue weighted by atomic mass is 19.4. The fourth-order valence-corrected chi connectivity index (χ4v) is 4.62. The van der Waals surface area contributed by atoms with Crippen molar-refractivity contribution in [2.75, 3.05) is 6.54 Å². The number of hydrogen-bond donors (Lipinski definition) is 0. The number of carbonyl (C=O) groups excluding carboxylic acids is 2. The number of hydrogen-bond acceptors (Lipinski definition) is 3. The van der Waals surface area contributed by atoms with Crippen LogP contribution in [0.4, 0.5) is 13.2 Å². The molecule has 0 spiro atoms. The van der Waals surface area contributed by atoms with Crippen LogP contribution in [0.25, 0.3) is 0 Å². The lowest BCUT2D eigenvalue weighted by Crippen LogP contribution is -2.54. The summed E-state index contributed by atoms with van der Waals surface area (Å²) in [5.41, 5.74) is -0.671. The summed E-state index contributed by atoms with van der Waals surface area (Å²) in [6, 6.07) is -0.394. The predicted molar refractivity (Wildman–Crippen MR) is 79.8 cm³/mol. The van der Waals surface area contributed by atoms with E-state index < -0.39 is 36.1 Å². The molecule has 0 aromatic carbocycles.